The Morgan fingerprint density at radius 2 is 1.86 bits per heavy atom. The first-order valence-corrected chi connectivity index (χ1v) is 11.1. The number of nitrogens with zero attached hydrogens (tertiary/aromatic N) is 7. The third-order valence-corrected chi connectivity index (χ3v) is 5.87. The molecule has 5 aromatic rings. The number of ether oxygens (including phenoxy) is 1. The lowest BCUT2D eigenvalue weighted by Gasteiger charge is -2.28. The third kappa shape index (κ3) is 4.66. The first-order valence-electron chi connectivity index (χ1n) is 11.1. The summed E-state index contributed by atoms with van der Waals surface area (Å²) in [4.78, 5) is 20.0. The molecule has 1 aromatic carbocycles. The van der Waals surface area contributed by atoms with Crippen molar-refractivity contribution in [2.45, 2.75) is 6.92 Å². The number of pyridine rings is 2. The van der Waals surface area contributed by atoms with Gasteiger partial charge in [-0.2, -0.15) is 5.10 Å². The van der Waals surface area contributed by atoms with E-state index in [1.54, 1.807) is 10.8 Å². The standard InChI is InChI=1S/C24H23N9O.ClH/c1-16-10-17(2-3-21(16)34-18-4-7-33-23(11-18)28-15-30-33)31-24-19-12-22(32-8-5-25-6-9-32)26-13-20(19)27-14-29-24;/h2-4,7,10-15,25H,5-6,8-9H2,1H3,(H,27,29,31);1H. The molecule has 4 aromatic heterocycles. The molecule has 0 saturated carbocycles. The number of piperazine rings is 1. The smallest absolute Gasteiger partial charge is 0.158 e. The summed E-state index contributed by atoms with van der Waals surface area (Å²) in [5.41, 5.74) is 3.45. The first kappa shape index (κ1) is 22.8. The highest BCUT2D eigenvalue weighted by molar-refractivity contribution is 5.92. The number of hydrogen-bond acceptors (Lipinski definition) is 9. The van der Waals surface area contributed by atoms with Crippen molar-refractivity contribution < 1.29 is 4.74 Å². The van der Waals surface area contributed by atoms with Gasteiger partial charge in [0.2, 0.25) is 0 Å². The Hall–Kier alpha value is -4.02. The number of rotatable bonds is 5. The lowest BCUT2D eigenvalue weighted by molar-refractivity contribution is 0.478. The minimum Gasteiger partial charge on any atom is -0.457 e. The molecule has 5 heterocycles. The minimum absolute atomic E-state index is 0. The zero-order chi connectivity index (χ0) is 22.9. The Balaban J connectivity index is 0.00000253. The fourth-order valence-electron chi connectivity index (χ4n) is 4.08. The number of aromatic nitrogens is 6. The quantitative estimate of drug-likeness (QED) is 0.382. The monoisotopic (exact) mass is 489 g/mol. The van der Waals surface area contributed by atoms with E-state index in [4.69, 9.17) is 4.74 Å². The lowest BCUT2D eigenvalue weighted by atomic mass is 10.2. The second-order valence-electron chi connectivity index (χ2n) is 8.15. The Morgan fingerprint density at radius 1 is 0.971 bits per heavy atom. The van der Waals surface area contributed by atoms with Gasteiger partial charge in [0, 0.05) is 49.5 Å². The van der Waals surface area contributed by atoms with Crippen molar-refractivity contribution >= 4 is 46.3 Å². The molecule has 1 aliphatic heterocycles. The zero-order valence-corrected chi connectivity index (χ0v) is 19.9. The van der Waals surface area contributed by atoms with Crippen molar-refractivity contribution in [2.75, 3.05) is 36.4 Å². The molecule has 0 atom stereocenters. The van der Waals surface area contributed by atoms with Crippen molar-refractivity contribution in [3.8, 4) is 11.5 Å². The molecule has 6 rings (SSSR count). The van der Waals surface area contributed by atoms with Gasteiger partial charge in [0.25, 0.3) is 0 Å². The average molecular weight is 490 g/mol. The molecule has 0 aliphatic carbocycles. The van der Waals surface area contributed by atoms with Crippen molar-refractivity contribution in [3.63, 3.8) is 0 Å². The Kier molecular flexibility index (Phi) is 6.30. The third-order valence-electron chi connectivity index (χ3n) is 5.87. The highest BCUT2D eigenvalue weighted by atomic mass is 35.5. The maximum Gasteiger partial charge on any atom is 0.158 e. The normalized spacial score (nSPS) is 13.6. The Morgan fingerprint density at radius 3 is 2.71 bits per heavy atom. The van der Waals surface area contributed by atoms with Crippen molar-refractivity contribution in [1.82, 2.24) is 34.9 Å². The second kappa shape index (κ2) is 9.69. The fraction of sp³-hybridized carbons (Fsp3) is 0.208. The van der Waals surface area contributed by atoms with E-state index < -0.39 is 0 Å². The summed E-state index contributed by atoms with van der Waals surface area (Å²) in [5.74, 6) is 3.16. The predicted molar refractivity (Wildman–Crippen MR) is 137 cm³/mol. The molecule has 1 saturated heterocycles. The van der Waals surface area contributed by atoms with Crippen LogP contribution in [0.15, 0.2) is 61.4 Å². The number of hydrogen-bond donors (Lipinski definition) is 2. The summed E-state index contributed by atoms with van der Waals surface area (Å²) in [5, 5.41) is 11.9. The molecule has 178 valence electrons. The van der Waals surface area contributed by atoms with E-state index in [0.717, 1.165) is 71.4 Å². The fourth-order valence-corrected chi connectivity index (χ4v) is 4.08. The zero-order valence-electron chi connectivity index (χ0n) is 19.0. The van der Waals surface area contributed by atoms with E-state index in [-0.39, 0.29) is 12.4 Å². The van der Waals surface area contributed by atoms with Gasteiger partial charge in [-0.25, -0.2) is 24.5 Å². The summed E-state index contributed by atoms with van der Waals surface area (Å²) in [6, 6.07) is 11.7. The van der Waals surface area contributed by atoms with Crippen molar-refractivity contribution in [2.24, 2.45) is 0 Å². The molecular weight excluding hydrogens is 466 g/mol. The first-order chi connectivity index (χ1) is 16.7. The number of nitrogens with one attached hydrogen (secondary N) is 2. The summed E-state index contributed by atoms with van der Waals surface area (Å²) < 4.78 is 7.79. The van der Waals surface area contributed by atoms with Crippen molar-refractivity contribution in [3.05, 3.63) is 67.0 Å². The topological polar surface area (TPSA) is 105 Å². The number of aryl methyl sites for hydroxylation is 1. The van der Waals surface area contributed by atoms with Crippen LogP contribution in [0.4, 0.5) is 17.3 Å². The molecule has 1 aliphatic rings. The number of benzene rings is 1. The van der Waals surface area contributed by atoms with Crippen LogP contribution in [0.1, 0.15) is 5.56 Å². The molecule has 35 heavy (non-hydrogen) atoms. The molecule has 0 unspecified atom stereocenters. The van der Waals surface area contributed by atoms with E-state index in [1.807, 2.05) is 49.6 Å². The van der Waals surface area contributed by atoms with E-state index in [1.165, 1.54) is 6.33 Å². The van der Waals surface area contributed by atoms with Gasteiger partial charge < -0.3 is 20.3 Å². The van der Waals surface area contributed by atoms with Gasteiger partial charge in [-0.15, -0.1) is 12.4 Å². The summed E-state index contributed by atoms with van der Waals surface area (Å²) in [6.07, 6.45) is 6.72. The van der Waals surface area contributed by atoms with Crippen LogP contribution in [-0.2, 0) is 0 Å². The van der Waals surface area contributed by atoms with Gasteiger partial charge in [-0.1, -0.05) is 0 Å². The molecule has 0 bridgehead atoms. The van der Waals surface area contributed by atoms with Crippen LogP contribution in [0.25, 0.3) is 16.6 Å². The molecular formula is C24H24ClN9O. The van der Waals surface area contributed by atoms with Gasteiger partial charge >= 0.3 is 0 Å². The lowest BCUT2D eigenvalue weighted by Crippen LogP contribution is -2.43. The maximum atomic E-state index is 6.09. The van der Waals surface area contributed by atoms with Crippen LogP contribution in [0.5, 0.6) is 11.5 Å². The SMILES string of the molecule is Cc1cc(Nc2ncnc3cnc(N4CCNCC4)cc23)ccc1Oc1ccn2ncnc2c1.Cl. The highest BCUT2D eigenvalue weighted by Crippen LogP contribution is 2.30. The average Bonchev–Trinajstić information content (AvgIpc) is 3.34. The molecule has 10 nitrogen and oxygen atoms in total. The largest absolute Gasteiger partial charge is 0.457 e. The van der Waals surface area contributed by atoms with Crippen LogP contribution in [0.2, 0.25) is 0 Å². The van der Waals surface area contributed by atoms with Crippen LogP contribution >= 0.6 is 12.4 Å². The molecule has 11 heteroatoms. The van der Waals surface area contributed by atoms with Gasteiger partial charge in [0.1, 0.15) is 35.8 Å². The van der Waals surface area contributed by atoms with Gasteiger partial charge in [-0.05, 0) is 42.8 Å². The molecule has 0 amide bonds. The highest BCUT2D eigenvalue weighted by Gasteiger charge is 2.14. The number of halogens is 1. The van der Waals surface area contributed by atoms with E-state index in [9.17, 15) is 0 Å². The van der Waals surface area contributed by atoms with E-state index in [2.05, 4.69) is 46.6 Å². The Bertz CT molecular complexity index is 1480. The summed E-state index contributed by atoms with van der Waals surface area (Å²) >= 11 is 0. The Labute approximate surface area is 207 Å². The van der Waals surface area contributed by atoms with Crippen molar-refractivity contribution in [1.29, 1.82) is 0 Å². The van der Waals surface area contributed by atoms with Gasteiger partial charge in [0.15, 0.2) is 5.65 Å². The summed E-state index contributed by atoms with van der Waals surface area (Å²) in [6.45, 7) is 5.78. The molecule has 0 spiro atoms. The van der Waals surface area contributed by atoms with Crippen LogP contribution in [0.3, 0.4) is 0 Å². The van der Waals surface area contributed by atoms with Gasteiger partial charge in [-0.3, -0.25) is 0 Å². The van der Waals surface area contributed by atoms with Gasteiger partial charge in [0.05, 0.1) is 11.7 Å². The second-order valence-corrected chi connectivity index (χ2v) is 8.15. The molecule has 0 radical (unpaired) electrons. The van der Waals surface area contributed by atoms with E-state index in [0.29, 0.717) is 5.75 Å². The van der Waals surface area contributed by atoms with E-state index >= 15 is 0 Å². The minimum atomic E-state index is 0. The summed E-state index contributed by atoms with van der Waals surface area (Å²) in [7, 11) is 0. The maximum absolute atomic E-state index is 6.09. The molecule has 2 N–H and O–H groups in total. The van der Waals surface area contributed by atoms with Crippen LogP contribution in [-0.4, -0.2) is 55.7 Å². The number of anilines is 3. The molecule has 1 fully saturated rings. The van der Waals surface area contributed by atoms with Crippen LogP contribution in [0, 0.1) is 6.92 Å². The number of fused-ring (bicyclic) bond motifs is 2. The predicted octanol–water partition coefficient (Wildman–Crippen LogP) is 3.74. The van der Waals surface area contributed by atoms with Crippen LogP contribution < -0.4 is 20.3 Å².